The first-order valence-corrected chi connectivity index (χ1v) is 7.62. The second-order valence-electron chi connectivity index (χ2n) is 6.39. The van der Waals surface area contributed by atoms with E-state index in [1.165, 1.54) is 47.7 Å². The van der Waals surface area contributed by atoms with Gasteiger partial charge in [0.15, 0.2) is 0 Å². The molecule has 1 saturated carbocycles. The summed E-state index contributed by atoms with van der Waals surface area (Å²) in [6.07, 6.45) is 8.57. The molecule has 102 valence electrons. The van der Waals surface area contributed by atoms with Crippen molar-refractivity contribution in [1.29, 1.82) is 0 Å². The monoisotopic (exact) mass is 286 g/mol. The Bertz CT molecular complexity index is 433. The summed E-state index contributed by atoms with van der Waals surface area (Å²) in [4.78, 5) is 6.46. The van der Waals surface area contributed by atoms with Crippen molar-refractivity contribution in [2.75, 3.05) is 0 Å². The molecule has 0 aromatic carbocycles. The van der Waals surface area contributed by atoms with Crippen LogP contribution >= 0.6 is 23.7 Å². The smallest absolute Gasteiger partial charge is 0.113 e. The molecule has 4 heteroatoms. The van der Waals surface area contributed by atoms with Gasteiger partial charge < -0.3 is 5.73 Å². The summed E-state index contributed by atoms with van der Waals surface area (Å²) in [7, 11) is 0. The molecule has 0 amide bonds. The number of halogens is 1. The van der Waals surface area contributed by atoms with Crippen LogP contribution in [0.15, 0.2) is 0 Å². The van der Waals surface area contributed by atoms with Gasteiger partial charge in [-0.2, -0.15) is 0 Å². The van der Waals surface area contributed by atoms with Gasteiger partial charge in [-0.25, -0.2) is 4.98 Å². The van der Waals surface area contributed by atoms with E-state index in [0.717, 1.165) is 12.8 Å². The van der Waals surface area contributed by atoms with E-state index in [2.05, 4.69) is 13.8 Å². The highest BCUT2D eigenvalue weighted by atomic mass is 35.5. The minimum atomic E-state index is -0.0991. The molecule has 1 heterocycles. The predicted octanol–water partition coefficient (Wildman–Crippen LogP) is 3.91. The number of aromatic nitrogens is 1. The van der Waals surface area contributed by atoms with Gasteiger partial charge in [0.1, 0.15) is 5.01 Å². The normalized spacial score (nSPS) is 24.4. The summed E-state index contributed by atoms with van der Waals surface area (Å²) in [5, 5.41) is 1.22. The van der Waals surface area contributed by atoms with Crippen LogP contribution in [0.5, 0.6) is 0 Å². The zero-order valence-corrected chi connectivity index (χ0v) is 12.9. The molecule has 0 saturated heterocycles. The largest absolute Gasteiger partial charge is 0.319 e. The highest BCUT2D eigenvalue weighted by Crippen LogP contribution is 2.44. The molecular formula is C14H23ClN2S. The number of hydrogen-bond acceptors (Lipinski definition) is 3. The maximum Gasteiger partial charge on any atom is 0.113 e. The zero-order valence-electron chi connectivity index (χ0n) is 11.3. The fourth-order valence-electron chi connectivity index (χ4n) is 3.29. The lowest BCUT2D eigenvalue weighted by Crippen LogP contribution is -2.33. The van der Waals surface area contributed by atoms with Crippen molar-refractivity contribution >= 4 is 23.7 Å². The van der Waals surface area contributed by atoms with Crippen molar-refractivity contribution < 1.29 is 0 Å². The Kier molecular flexibility index (Phi) is 3.79. The van der Waals surface area contributed by atoms with Gasteiger partial charge in [-0.15, -0.1) is 23.7 Å². The average Bonchev–Trinajstić information content (AvgIpc) is 2.85. The van der Waals surface area contributed by atoms with E-state index < -0.39 is 0 Å². The summed E-state index contributed by atoms with van der Waals surface area (Å²) < 4.78 is 0. The lowest BCUT2D eigenvalue weighted by molar-refractivity contribution is 0.414. The SMILES string of the molecule is CC1(C)CCCc2sc(C3(N)CCCC3)nc21.Cl. The van der Waals surface area contributed by atoms with E-state index in [1.807, 2.05) is 11.3 Å². The number of rotatable bonds is 1. The molecule has 0 bridgehead atoms. The molecule has 0 spiro atoms. The number of thiazole rings is 1. The quantitative estimate of drug-likeness (QED) is 0.850. The maximum absolute atomic E-state index is 6.53. The van der Waals surface area contributed by atoms with Crippen LogP contribution in [0.3, 0.4) is 0 Å². The van der Waals surface area contributed by atoms with Crippen LogP contribution in [0, 0.1) is 0 Å². The number of aryl methyl sites for hydroxylation is 1. The van der Waals surface area contributed by atoms with Crippen molar-refractivity contribution in [1.82, 2.24) is 4.98 Å². The third-order valence-electron chi connectivity index (χ3n) is 4.47. The molecule has 2 aliphatic rings. The first-order valence-electron chi connectivity index (χ1n) is 6.81. The van der Waals surface area contributed by atoms with Crippen LogP contribution in [0.4, 0.5) is 0 Å². The zero-order chi connectivity index (χ0) is 12.1. The van der Waals surface area contributed by atoms with E-state index in [0.29, 0.717) is 0 Å². The van der Waals surface area contributed by atoms with Gasteiger partial charge in [-0.3, -0.25) is 0 Å². The van der Waals surface area contributed by atoms with Gasteiger partial charge in [0.25, 0.3) is 0 Å². The molecule has 1 fully saturated rings. The summed E-state index contributed by atoms with van der Waals surface area (Å²) >= 11 is 1.90. The van der Waals surface area contributed by atoms with E-state index in [9.17, 15) is 0 Å². The van der Waals surface area contributed by atoms with Gasteiger partial charge in [-0.05, 0) is 32.1 Å². The molecule has 0 aliphatic heterocycles. The predicted molar refractivity (Wildman–Crippen MR) is 79.7 cm³/mol. The second-order valence-corrected chi connectivity index (χ2v) is 7.48. The van der Waals surface area contributed by atoms with Crippen LogP contribution in [-0.4, -0.2) is 4.98 Å². The Morgan fingerprint density at radius 1 is 1.11 bits per heavy atom. The minimum absolute atomic E-state index is 0. The van der Waals surface area contributed by atoms with Crippen LogP contribution in [-0.2, 0) is 17.4 Å². The molecule has 3 rings (SSSR count). The summed E-state index contributed by atoms with van der Waals surface area (Å²) in [6, 6.07) is 0. The highest BCUT2D eigenvalue weighted by Gasteiger charge is 2.38. The van der Waals surface area contributed by atoms with E-state index in [4.69, 9.17) is 10.7 Å². The Hall–Kier alpha value is -0.120. The molecule has 0 atom stereocenters. The van der Waals surface area contributed by atoms with Crippen LogP contribution in [0.2, 0.25) is 0 Å². The summed E-state index contributed by atoms with van der Waals surface area (Å²) in [5.41, 5.74) is 8.04. The van der Waals surface area contributed by atoms with Crippen molar-refractivity contribution in [3.05, 3.63) is 15.6 Å². The Morgan fingerprint density at radius 2 is 1.78 bits per heavy atom. The maximum atomic E-state index is 6.53. The van der Waals surface area contributed by atoms with Crippen molar-refractivity contribution in [2.24, 2.45) is 5.73 Å². The van der Waals surface area contributed by atoms with Crippen LogP contribution < -0.4 is 5.73 Å². The van der Waals surface area contributed by atoms with E-state index in [1.54, 1.807) is 0 Å². The highest BCUT2D eigenvalue weighted by molar-refractivity contribution is 7.12. The number of hydrogen-bond donors (Lipinski definition) is 1. The molecule has 0 radical (unpaired) electrons. The van der Waals surface area contributed by atoms with Gasteiger partial charge in [-0.1, -0.05) is 26.7 Å². The lowest BCUT2D eigenvalue weighted by atomic mass is 9.79. The topological polar surface area (TPSA) is 38.9 Å². The van der Waals surface area contributed by atoms with E-state index >= 15 is 0 Å². The minimum Gasteiger partial charge on any atom is -0.319 e. The van der Waals surface area contributed by atoms with Gasteiger partial charge in [0.05, 0.1) is 11.2 Å². The third-order valence-corrected chi connectivity index (χ3v) is 5.80. The second kappa shape index (κ2) is 4.77. The summed E-state index contributed by atoms with van der Waals surface area (Å²) in [5.74, 6) is 0. The molecule has 18 heavy (non-hydrogen) atoms. The van der Waals surface area contributed by atoms with E-state index in [-0.39, 0.29) is 23.4 Å². The molecule has 0 unspecified atom stereocenters. The third kappa shape index (κ3) is 2.21. The first-order chi connectivity index (χ1) is 8.01. The van der Waals surface area contributed by atoms with Crippen LogP contribution in [0.25, 0.3) is 0 Å². The molecular weight excluding hydrogens is 264 g/mol. The molecule has 2 nitrogen and oxygen atoms in total. The molecule has 2 aliphatic carbocycles. The molecule has 1 aromatic heterocycles. The average molecular weight is 287 g/mol. The van der Waals surface area contributed by atoms with Crippen LogP contribution in [0.1, 0.15) is 68.0 Å². The molecule has 2 N–H and O–H groups in total. The fraction of sp³-hybridized carbons (Fsp3) is 0.786. The van der Waals surface area contributed by atoms with Gasteiger partial charge in [0, 0.05) is 10.3 Å². The standard InChI is InChI=1S/C14H22N2S.ClH/c1-13(2)7-5-6-10-11(13)16-12(17-10)14(15)8-3-4-9-14;/h3-9,15H2,1-2H3;1H. The van der Waals surface area contributed by atoms with Gasteiger partial charge >= 0.3 is 0 Å². The van der Waals surface area contributed by atoms with Crippen molar-refractivity contribution in [3.63, 3.8) is 0 Å². The summed E-state index contributed by atoms with van der Waals surface area (Å²) in [6.45, 7) is 4.65. The lowest BCUT2D eigenvalue weighted by Gasteiger charge is -2.28. The van der Waals surface area contributed by atoms with Gasteiger partial charge in [0.2, 0.25) is 0 Å². The Labute approximate surface area is 120 Å². The molecule has 1 aromatic rings. The number of nitrogens with zero attached hydrogens (tertiary/aromatic N) is 1. The van der Waals surface area contributed by atoms with Crippen molar-refractivity contribution in [2.45, 2.75) is 69.7 Å². The number of nitrogens with two attached hydrogens (primary N) is 1. The fourth-order valence-corrected chi connectivity index (χ4v) is 4.73. The first kappa shape index (κ1) is 14.3. The van der Waals surface area contributed by atoms with Crippen molar-refractivity contribution in [3.8, 4) is 0 Å². The Balaban J connectivity index is 0.00000120. The number of fused-ring (bicyclic) bond motifs is 1. The Morgan fingerprint density at radius 3 is 2.39 bits per heavy atom.